The van der Waals surface area contributed by atoms with Crippen molar-refractivity contribution in [3.63, 3.8) is 0 Å². The van der Waals surface area contributed by atoms with Crippen LogP contribution in [0.15, 0.2) is 83.8 Å². The predicted octanol–water partition coefficient (Wildman–Crippen LogP) is 5.85. The molecule has 0 unspecified atom stereocenters. The molecule has 2 heterocycles. The Labute approximate surface area is 143 Å². The van der Waals surface area contributed by atoms with Crippen molar-refractivity contribution in [1.82, 2.24) is 0 Å². The summed E-state index contributed by atoms with van der Waals surface area (Å²) in [6, 6.07) is 24.7. The fourth-order valence-electron chi connectivity index (χ4n) is 2.68. The number of fused-ring (bicyclic) bond motifs is 2. The molecule has 1 spiro atoms. The van der Waals surface area contributed by atoms with E-state index in [1.807, 2.05) is 78.9 Å². The number of hydrogen-bond acceptors (Lipinski definition) is 5. The van der Waals surface area contributed by atoms with Crippen molar-refractivity contribution in [2.45, 2.75) is 4.90 Å². The zero-order valence-electron chi connectivity index (χ0n) is 12.5. The van der Waals surface area contributed by atoms with Gasteiger partial charge in [0.05, 0.1) is 0 Å². The Morgan fingerprint density at radius 3 is 1.83 bits per heavy atom. The summed E-state index contributed by atoms with van der Waals surface area (Å²) >= 11 is 1.39. The molecule has 3 aromatic rings. The second kappa shape index (κ2) is 4.82. The molecule has 4 nitrogen and oxygen atoms in total. The van der Waals surface area contributed by atoms with Crippen LogP contribution in [0.3, 0.4) is 0 Å². The normalized spacial score (nSPS) is 19.8. The average Bonchev–Trinajstić information content (AvgIpc) is 3.09. The van der Waals surface area contributed by atoms with Gasteiger partial charge in [0.2, 0.25) is 0 Å². The fraction of sp³-hybridized carbons (Fsp3) is 0. The molecule has 3 aromatic carbocycles. The Hall–Kier alpha value is -2.36. The van der Waals surface area contributed by atoms with Crippen LogP contribution >= 0.6 is 18.1 Å². The summed E-state index contributed by atoms with van der Waals surface area (Å²) in [6.07, 6.45) is 0. The molecular formula is C18H13O4PS. The topological polar surface area (TPSA) is 36.9 Å². The Bertz CT molecular complexity index is 818. The third-order valence-corrected chi connectivity index (χ3v) is 8.89. The van der Waals surface area contributed by atoms with Crippen molar-refractivity contribution in [1.29, 1.82) is 0 Å². The van der Waals surface area contributed by atoms with Gasteiger partial charge in [0.1, 0.15) is 0 Å². The van der Waals surface area contributed by atoms with Crippen LogP contribution in [0, 0.1) is 0 Å². The van der Waals surface area contributed by atoms with Gasteiger partial charge in [-0.05, 0) is 0 Å². The average molecular weight is 356 g/mol. The molecule has 24 heavy (non-hydrogen) atoms. The van der Waals surface area contributed by atoms with Crippen molar-refractivity contribution in [2.24, 2.45) is 0 Å². The van der Waals surface area contributed by atoms with Gasteiger partial charge in [-0.15, -0.1) is 0 Å². The molecule has 0 aliphatic carbocycles. The van der Waals surface area contributed by atoms with E-state index in [2.05, 4.69) is 0 Å². The third kappa shape index (κ3) is 2.05. The molecule has 2 aliphatic heterocycles. The summed E-state index contributed by atoms with van der Waals surface area (Å²) < 4.78 is 25.1. The quantitative estimate of drug-likeness (QED) is 0.538. The van der Waals surface area contributed by atoms with Gasteiger partial charge in [0.25, 0.3) is 0 Å². The second-order valence-corrected chi connectivity index (χ2v) is 10.6. The monoisotopic (exact) mass is 356 g/mol. The van der Waals surface area contributed by atoms with E-state index in [4.69, 9.17) is 18.1 Å². The first-order chi connectivity index (χ1) is 11.7. The van der Waals surface area contributed by atoms with Crippen molar-refractivity contribution in [3.8, 4) is 23.0 Å². The summed E-state index contributed by atoms with van der Waals surface area (Å²) in [5.41, 5.74) is 0. The van der Waals surface area contributed by atoms with Gasteiger partial charge in [-0.3, -0.25) is 0 Å². The van der Waals surface area contributed by atoms with E-state index in [-0.39, 0.29) is 0 Å². The first-order valence-electron chi connectivity index (χ1n) is 7.50. The van der Waals surface area contributed by atoms with Crippen LogP contribution in [0.25, 0.3) is 0 Å². The van der Waals surface area contributed by atoms with E-state index in [0.717, 1.165) is 4.90 Å². The van der Waals surface area contributed by atoms with E-state index in [9.17, 15) is 0 Å². The van der Waals surface area contributed by atoms with Crippen LogP contribution < -0.4 is 18.1 Å². The number of para-hydroxylation sites is 4. The van der Waals surface area contributed by atoms with Crippen LogP contribution in [0.4, 0.5) is 0 Å². The van der Waals surface area contributed by atoms with Crippen molar-refractivity contribution in [2.75, 3.05) is 0 Å². The maximum absolute atomic E-state index is 6.30. The van der Waals surface area contributed by atoms with Crippen molar-refractivity contribution < 1.29 is 18.1 Å². The number of rotatable bonds is 2. The first-order valence-corrected chi connectivity index (χ1v) is 10.8. The van der Waals surface area contributed by atoms with Crippen molar-refractivity contribution >= 4 is 18.1 Å². The van der Waals surface area contributed by atoms with Gasteiger partial charge >= 0.3 is 143 Å². The summed E-state index contributed by atoms with van der Waals surface area (Å²) in [4.78, 5) is 0.943. The molecule has 0 N–H and O–H groups in total. The number of hydrogen-bond donors (Lipinski definition) is 0. The van der Waals surface area contributed by atoms with Crippen molar-refractivity contribution in [3.05, 3.63) is 78.9 Å². The zero-order chi connectivity index (χ0) is 16.1. The second-order valence-electron chi connectivity index (χ2n) is 5.41. The Morgan fingerprint density at radius 2 is 1.17 bits per heavy atom. The van der Waals surface area contributed by atoms with E-state index in [1.165, 1.54) is 11.4 Å². The van der Waals surface area contributed by atoms with Gasteiger partial charge in [0.15, 0.2) is 0 Å². The van der Waals surface area contributed by atoms with Crippen LogP contribution in [0.5, 0.6) is 23.0 Å². The Morgan fingerprint density at radius 1 is 0.625 bits per heavy atom. The molecule has 0 radical (unpaired) electrons. The molecule has 0 atom stereocenters. The molecule has 0 aromatic heterocycles. The van der Waals surface area contributed by atoms with E-state index >= 15 is 0 Å². The van der Waals surface area contributed by atoms with Gasteiger partial charge < -0.3 is 0 Å². The number of benzene rings is 3. The van der Waals surface area contributed by atoms with Crippen LogP contribution in [-0.2, 0) is 0 Å². The summed E-state index contributed by atoms with van der Waals surface area (Å²) in [7, 11) is 0. The maximum atomic E-state index is 6.30. The molecule has 0 saturated carbocycles. The fourth-order valence-corrected chi connectivity index (χ4v) is 8.51. The molecule has 2 aliphatic rings. The van der Waals surface area contributed by atoms with Gasteiger partial charge in [0, 0.05) is 0 Å². The van der Waals surface area contributed by atoms with Crippen LogP contribution in [0.1, 0.15) is 0 Å². The molecule has 120 valence electrons. The SMILES string of the molecule is c1ccc(OP23(Oc4ccccc4O2)Oc2ccccc2S3)cc1. The molecule has 0 bridgehead atoms. The van der Waals surface area contributed by atoms with Crippen LogP contribution in [-0.4, -0.2) is 0 Å². The molecule has 0 fully saturated rings. The van der Waals surface area contributed by atoms with Gasteiger partial charge in [-0.25, -0.2) is 0 Å². The minimum absolute atomic E-state index is 0.631. The van der Waals surface area contributed by atoms with E-state index in [0.29, 0.717) is 23.0 Å². The summed E-state index contributed by atoms with van der Waals surface area (Å²) in [5.74, 6) is 2.62. The molecule has 0 amide bonds. The summed E-state index contributed by atoms with van der Waals surface area (Å²) in [5, 5.41) is 0. The summed E-state index contributed by atoms with van der Waals surface area (Å²) in [6.45, 7) is -3.95. The molecule has 5 rings (SSSR count). The molecule has 6 heteroatoms. The Balaban J connectivity index is 1.64. The van der Waals surface area contributed by atoms with Gasteiger partial charge in [-0.1, -0.05) is 0 Å². The van der Waals surface area contributed by atoms with E-state index < -0.39 is 6.71 Å². The van der Waals surface area contributed by atoms with Gasteiger partial charge in [-0.2, -0.15) is 0 Å². The van der Waals surface area contributed by atoms with E-state index in [1.54, 1.807) is 0 Å². The first kappa shape index (κ1) is 14.0. The van der Waals surface area contributed by atoms with Crippen LogP contribution in [0.2, 0.25) is 0 Å². The Kier molecular flexibility index (Phi) is 2.82. The molecule has 0 saturated heterocycles. The zero-order valence-corrected chi connectivity index (χ0v) is 14.2. The minimum atomic E-state index is -3.95. The predicted molar refractivity (Wildman–Crippen MR) is 94.6 cm³/mol. The third-order valence-electron chi connectivity index (χ3n) is 3.69. The molecular weight excluding hydrogens is 343 g/mol. The standard InChI is InChI=1S/C18H13O4PS/c1-2-8-14(9-3-1)19-23(20-15-10-4-5-11-16(15)21-23)22-17-12-6-7-13-18(17)24-23/h1-13H.